The first-order chi connectivity index (χ1) is 9.63. The van der Waals surface area contributed by atoms with Crippen molar-refractivity contribution in [3.05, 3.63) is 23.6 Å². The predicted octanol–water partition coefficient (Wildman–Crippen LogP) is 3.20. The van der Waals surface area contributed by atoms with E-state index in [9.17, 15) is 4.39 Å². The topological polar surface area (TPSA) is 28.2 Å². The summed E-state index contributed by atoms with van der Waals surface area (Å²) in [5, 5.41) is 3.25. The highest BCUT2D eigenvalue weighted by Crippen LogP contribution is 2.28. The fraction of sp³-hybridized carbons (Fsp3) is 0.688. The minimum Gasteiger partial charge on any atom is -0.354 e. The van der Waals surface area contributed by atoms with Crippen molar-refractivity contribution in [2.24, 2.45) is 11.8 Å². The molecule has 1 fully saturated rings. The number of nitrogens with zero attached hydrogens (tertiary/aromatic N) is 2. The van der Waals surface area contributed by atoms with Crippen molar-refractivity contribution in [2.75, 3.05) is 24.5 Å². The van der Waals surface area contributed by atoms with Crippen LogP contribution in [-0.2, 0) is 6.54 Å². The number of halogens is 1. The van der Waals surface area contributed by atoms with Crippen LogP contribution >= 0.6 is 0 Å². The van der Waals surface area contributed by atoms with E-state index in [1.165, 1.54) is 0 Å². The molecule has 112 valence electrons. The Hall–Kier alpha value is -1.16. The number of hydrogen-bond donors (Lipinski definition) is 1. The van der Waals surface area contributed by atoms with E-state index < -0.39 is 0 Å². The molecule has 2 unspecified atom stereocenters. The highest BCUT2D eigenvalue weighted by atomic mass is 19.1. The van der Waals surface area contributed by atoms with Crippen molar-refractivity contribution in [2.45, 2.75) is 40.2 Å². The molecule has 0 amide bonds. The summed E-state index contributed by atoms with van der Waals surface area (Å²) in [6.45, 7) is 9.92. The molecule has 1 aromatic heterocycles. The Balaban J connectivity index is 2.10. The van der Waals surface area contributed by atoms with E-state index in [2.05, 4.69) is 36.0 Å². The number of piperidine rings is 1. The number of pyridine rings is 1. The van der Waals surface area contributed by atoms with Crippen LogP contribution in [0.15, 0.2) is 12.3 Å². The summed E-state index contributed by atoms with van der Waals surface area (Å²) in [6, 6.07) is 1.78. The summed E-state index contributed by atoms with van der Waals surface area (Å²) in [7, 11) is 0. The van der Waals surface area contributed by atoms with Gasteiger partial charge in [-0.05, 0) is 37.3 Å². The van der Waals surface area contributed by atoms with E-state index >= 15 is 0 Å². The van der Waals surface area contributed by atoms with Crippen LogP contribution in [0.25, 0.3) is 0 Å². The molecule has 1 aliphatic rings. The molecule has 1 aliphatic heterocycles. The monoisotopic (exact) mass is 279 g/mol. The molecule has 0 aliphatic carbocycles. The second kappa shape index (κ2) is 7.02. The molecule has 2 heterocycles. The summed E-state index contributed by atoms with van der Waals surface area (Å²) in [5.74, 6) is 1.67. The summed E-state index contributed by atoms with van der Waals surface area (Å²) in [5.41, 5.74) is 0.717. The van der Waals surface area contributed by atoms with E-state index in [4.69, 9.17) is 0 Å². The van der Waals surface area contributed by atoms with Gasteiger partial charge in [-0.2, -0.15) is 0 Å². The van der Waals surface area contributed by atoms with Gasteiger partial charge in [-0.1, -0.05) is 20.8 Å². The zero-order valence-electron chi connectivity index (χ0n) is 12.8. The summed E-state index contributed by atoms with van der Waals surface area (Å²) in [4.78, 5) is 6.37. The Bertz CT molecular complexity index is 436. The lowest BCUT2D eigenvalue weighted by Crippen LogP contribution is -2.39. The largest absolute Gasteiger partial charge is 0.354 e. The number of nitrogens with one attached hydrogen (secondary N) is 1. The summed E-state index contributed by atoms with van der Waals surface area (Å²) < 4.78 is 14.6. The van der Waals surface area contributed by atoms with Crippen LogP contribution in [0.1, 0.15) is 39.2 Å². The molecule has 1 N–H and O–H groups in total. The summed E-state index contributed by atoms with van der Waals surface area (Å²) >= 11 is 0. The standard InChI is InChI=1S/C16H26FN3/c1-4-7-18-10-14-5-8-19-16(15(14)17)20-9-6-12(2)13(3)11-20/h5,8,12-13,18H,4,6-7,9-11H2,1-3H3. The van der Waals surface area contributed by atoms with E-state index in [-0.39, 0.29) is 5.82 Å². The van der Waals surface area contributed by atoms with Gasteiger partial charge in [0.25, 0.3) is 0 Å². The van der Waals surface area contributed by atoms with Crippen molar-refractivity contribution in [3.63, 3.8) is 0 Å². The van der Waals surface area contributed by atoms with Crippen LogP contribution in [0.2, 0.25) is 0 Å². The average molecular weight is 279 g/mol. The Labute approximate surface area is 121 Å². The first-order valence-electron chi connectivity index (χ1n) is 7.72. The molecular weight excluding hydrogens is 253 g/mol. The van der Waals surface area contributed by atoms with E-state index in [0.717, 1.165) is 38.0 Å². The average Bonchev–Trinajstić information content (AvgIpc) is 2.44. The van der Waals surface area contributed by atoms with Gasteiger partial charge in [0.1, 0.15) is 0 Å². The fourth-order valence-electron chi connectivity index (χ4n) is 2.68. The highest BCUT2D eigenvalue weighted by Gasteiger charge is 2.25. The normalized spacial score (nSPS) is 23.1. The zero-order chi connectivity index (χ0) is 14.5. The lowest BCUT2D eigenvalue weighted by Gasteiger charge is -2.36. The zero-order valence-corrected chi connectivity index (χ0v) is 12.8. The van der Waals surface area contributed by atoms with Gasteiger partial charge >= 0.3 is 0 Å². The first kappa shape index (κ1) is 15.2. The first-order valence-corrected chi connectivity index (χ1v) is 7.72. The van der Waals surface area contributed by atoms with Gasteiger partial charge in [0.05, 0.1) is 0 Å². The van der Waals surface area contributed by atoms with Crippen LogP contribution in [0.3, 0.4) is 0 Å². The Kier molecular flexibility index (Phi) is 5.35. The minimum atomic E-state index is -0.155. The van der Waals surface area contributed by atoms with Gasteiger partial charge in [0.15, 0.2) is 11.6 Å². The molecule has 4 heteroatoms. The fourth-order valence-corrected chi connectivity index (χ4v) is 2.68. The van der Waals surface area contributed by atoms with Gasteiger partial charge in [-0.15, -0.1) is 0 Å². The van der Waals surface area contributed by atoms with Crippen molar-refractivity contribution in [1.29, 1.82) is 0 Å². The third-order valence-corrected chi connectivity index (χ3v) is 4.33. The lowest BCUT2D eigenvalue weighted by atomic mass is 9.88. The van der Waals surface area contributed by atoms with Crippen molar-refractivity contribution in [1.82, 2.24) is 10.3 Å². The molecule has 2 atom stereocenters. The third-order valence-electron chi connectivity index (χ3n) is 4.33. The van der Waals surface area contributed by atoms with E-state index in [1.54, 1.807) is 12.3 Å². The molecule has 1 saturated heterocycles. The van der Waals surface area contributed by atoms with Gasteiger partial charge in [-0.3, -0.25) is 0 Å². The molecule has 0 bridgehead atoms. The van der Waals surface area contributed by atoms with Crippen LogP contribution in [0.4, 0.5) is 10.2 Å². The van der Waals surface area contributed by atoms with Crippen molar-refractivity contribution in [3.8, 4) is 0 Å². The van der Waals surface area contributed by atoms with Gasteiger partial charge in [0.2, 0.25) is 0 Å². The van der Waals surface area contributed by atoms with E-state index in [1.807, 2.05) is 0 Å². The molecule has 3 nitrogen and oxygen atoms in total. The molecule has 0 saturated carbocycles. The second-order valence-corrected chi connectivity index (χ2v) is 5.97. The highest BCUT2D eigenvalue weighted by molar-refractivity contribution is 5.43. The summed E-state index contributed by atoms with van der Waals surface area (Å²) in [6.07, 6.45) is 3.89. The van der Waals surface area contributed by atoms with Crippen LogP contribution < -0.4 is 10.2 Å². The molecule has 1 aromatic rings. The molecule has 0 spiro atoms. The SMILES string of the molecule is CCCNCc1ccnc(N2CCC(C)C(C)C2)c1F. The maximum absolute atomic E-state index is 14.6. The van der Waals surface area contributed by atoms with Gasteiger partial charge < -0.3 is 10.2 Å². The minimum absolute atomic E-state index is 0.155. The Morgan fingerprint density at radius 2 is 2.20 bits per heavy atom. The van der Waals surface area contributed by atoms with Crippen molar-refractivity contribution < 1.29 is 4.39 Å². The molecule has 0 radical (unpaired) electrons. The predicted molar refractivity (Wildman–Crippen MR) is 81.4 cm³/mol. The molecule has 20 heavy (non-hydrogen) atoms. The number of rotatable bonds is 5. The van der Waals surface area contributed by atoms with E-state index in [0.29, 0.717) is 24.2 Å². The molecule has 2 rings (SSSR count). The number of anilines is 1. The second-order valence-electron chi connectivity index (χ2n) is 5.97. The lowest BCUT2D eigenvalue weighted by molar-refractivity contribution is 0.321. The number of hydrogen-bond acceptors (Lipinski definition) is 3. The molecule has 0 aromatic carbocycles. The maximum atomic E-state index is 14.6. The van der Waals surface area contributed by atoms with Crippen molar-refractivity contribution >= 4 is 5.82 Å². The smallest absolute Gasteiger partial charge is 0.170 e. The Morgan fingerprint density at radius 3 is 2.90 bits per heavy atom. The Morgan fingerprint density at radius 1 is 1.40 bits per heavy atom. The number of aromatic nitrogens is 1. The quantitative estimate of drug-likeness (QED) is 0.839. The maximum Gasteiger partial charge on any atom is 0.170 e. The van der Waals surface area contributed by atoms with Crippen LogP contribution in [0, 0.1) is 17.7 Å². The van der Waals surface area contributed by atoms with Crippen LogP contribution in [0.5, 0.6) is 0 Å². The van der Waals surface area contributed by atoms with Gasteiger partial charge in [0, 0.05) is 31.4 Å². The van der Waals surface area contributed by atoms with Gasteiger partial charge in [-0.25, -0.2) is 9.37 Å². The third kappa shape index (κ3) is 3.48. The molecular formula is C16H26FN3. The van der Waals surface area contributed by atoms with Crippen LogP contribution in [-0.4, -0.2) is 24.6 Å².